The van der Waals surface area contributed by atoms with Gasteiger partial charge >= 0.3 is 0 Å². The van der Waals surface area contributed by atoms with Gasteiger partial charge in [0.25, 0.3) is 0 Å². The molecule has 0 aliphatic heterocycles. The molecule has 0 saturated heterocycles. The molecule has 0 saturated carbocycles. The molecular weight excluding hydrogens is 358 g/mol. The van der Waals surface area contributed by atoms with Gasteiger partial charge in [-0.3, -0.25) is 4.79 Å². The topological polar surface area (TPSA) is 46.9 Å². The summed E-state index contributed by atoms with van der Waals surface area (Å²) in [5.74, 6) is 1.02. The van der Waals surface area contributed by atoms with E-state index in [4.69, 9.17) is 4.98 Å². The average Bonchev–Trinajstić information content (AvgIpc) is 3.03. The van der Waals surface area contributed by atoms with Gasteiger partial charge in [-0.1, -0.05) is 63.2 Å². The molecule has 1 aromatic heterocycles. The molecule has 152 valence electrons. The summed E-state index contributed by atoms with van der Waals surface area (Å²) < 4.78 is 2.30. The van der Waals surface area contributed by atoms with Crippen molar-refractivity contribution in [1.29, 1.82) is 0 Å². The van der Waals surface area contributed by atoms with Gasteiger partial charge in [0.2, 0.25) is 5.91 Å². The van der Waals surface area contributed by atoms with Crippen LogP contribution in [0.4, 0.5) is 0 Å². The summed E-state index contributed by atoms with van der Waals surface area (Å²) in [6.07, 6.45) is 4.98. The molecule has 0 bridgehead atoms. The summed E-state index contributed by atoms with van der Waals surface area (Å²) >= 11 is 0. The van der Waals surface area contributed by atoms with Crippen molar-refractivity contribution in [3.05, 3.63) is 77.6 Å². The van der Waals surface area contributed by atoms with E-state index in [1.54, 1.807) is 12.2 Å². The molecule has 3 aromatic rings. The second-order valence-corrected chi connectivity index (χ2v) is 8.44. The maximum absolute atomic E-state index is 11.6. The first kappa shape index (κ1) is 20.8. The smallest absolute Gasteiger partial charge is 0.243 e. The van der Waals surface area contributed by atoms with Crippen LogP contribution >= 0.6 is 0 Å². The normalized spacial score (nSPS) is 12.0. The number of aromatic nitrogens is 2. The molecule has 29 heavy (non-hydrogen) atoms. The van der Waals surface area contributed by atoms with E-state index in [2.05, 4.69) is 73.1 Å². The molecule has 0 radical (unpaired) electrons. The Morgan fingerprint density at radius 2 is 1.83 bits per heavy atom. The highest BCUT2D eigenvalue weighted by Crippen LogP contribution is 2.24. The van der Waals surface area contributed by atoms with E-state index >= 15 is 0 Å². The highest BCUT2D eigenvalue weighted by molar-refractivity contribution is 5.87. The molecule has 2 aromatic carbocycles. The average molecular weight is 390 g/mol. The minimum absolute atomic E-state index is 0.0417. The monoisotopic (exact) mass is 389 g/mol. The number of aryl methyl sites for hydroxylation is 1. The zero-order valence-electron chi connectivity index (χ0n) is 17.9. The number of carbonyl (C=O) groups excluding carboxylic acids is 1. The van der Waals surface area contributed by atoms with Crippen LogP contribution in [-0.2, 0) is 23.2 Å². The number of hydrogen-bond donors (Lipinski definition) is 1. The molecule has 0 aliphatic rings. The van der Waals surface area contributed by atoms with Gasteiger partial charge in [-0.15, -0.1) is 0 Å². The second kappa shape index (κ2) is 9.08. The number of para-hydroxylation sites is 2. The summed E-state index contributed by atoms with van der Waals surface area (Å²) in [5.41, 5.74) is 4.94. The fraction of sp³-hybridized carbons (Fsp3) is 0.360. The fourth-order valence-electron chi connectivity index (χ4n) is 3.45. The van der Waals surface area contributed by atoms with Crippen LogP contribution < -0.4 is 5.32 Å². The summed E-state index contributed by atoms with van der Waals surface area (Å²) in [7, 11) is 0. The molecule has 0 atom stereocenters. The van der Waals surface area contributed by atoms with E-state index < -0.39 is 0 Å². The lowest BCUT2D eigenvalue weighted by atomic mass is 9.87. The van der Waals surface area contributed by atoms with E-state index in [-0.39, 0.29) is 11.3 Å². The molecule has 0 unspecified atom stereocenters. The largest absolute Gasteiger partial charge is 0.353 e. The van der Waals surface area contributed by atoms with E-state index in [0.29, 0.717) is 6.54 Å². The molecule has 1 heterocycles. The van der Waals surface area contributed by atoms with Crippen LogP contribution in [0.25, 0.3) is 11.0 Å². The van der Waals surface area contributed by atoms with Crippen molar-refractivity contribution >= 4 is 16.9 Å². The van der Waals surface area contributed by atoms with Crippen molar-refractivity contribution in [3.8, 4) is 0 Å². The van der Waals surface area contributed by atoms with Crippen LogP contribution in [0.5, 0.6) is 0 Å². The SMILES string of the molecule is C/C=C\C(=O)NCCCc1nc2ccccc2n1Cc1ccc(C(C)(C)C)cc1. The molecule has 3 rings (SSSR count). The summed E-state index contributed by atoms with van der Waals surface area (Å²) in [5, 5.41) is 2.91. The van der Waals surface area contributed by atoms with Crippen LogP contribution in [0.2, 0.25) is 0 Å². The molecule has 4 heteroatoms. The Labute approximate surface area is 173 Å². The van der Waals surface area contributed by atoms with Gasteiger partial charge in [0, 0.05) is 19.5 Å². The van der Waals surface area contributed by atoms with Crippen molar-refractivity contribution in [2.45, 2.75) is 52.5 Å². The van der Waals surface area contributed by atoms with Gasteiger partial charge < -0.3 is 9.88 Å². The highest BCUT2D eigenvalue weighted by Gasteiger charge is 2.14. The molecule has 0 fully saturated rings. The van der Waals surface area contributed by atoms with Gasteiger partial charge in [-0.2, -0.15) is 0 Å². The number of nitrogens with zero attached hydrogens (tertiary/aromatic N) is 2. The third kappa shape index (κ3) is 5.35. The quantitative estimate of drug-likeness (QED) is 0.456. The number of allylic oxidation sites excluding steroid dienone is 1. The molecule has 0 spiro atoms. The van der Waals surface area contributed by atoms with Crippen LogP contribution in [0.3, 0.4) is 0 Å². The van der Waals surface area contributed by atoms with Crippen LogP contribution in [0, 0.1) is 0 Å². The van der Waals surface area contributed by atoms with Gasteiger partial charge in [-0.05, 0) is 48.1 Å². The Kier molecular flexibility index (Phi) is 6.53. The van der Waals surface area contributed by atoms with Crippen molar-refractivity contribution in [2.75, 3.05) is 6.54 Å². The number of nitrogens with one attached hydrogen (secondary N) is 1. The van der Waals surface area contributed by atoms with Gasteiger partial charge in [-0.25, -0.2) is 4.98 Å². The number of benzene rings is 2. The lowest BCUT2D eigenvalue weighted by Gasteiger charge is -2.19. The number of hydrogen-bond acceptors (Lipinski definition) is 2. The standard InChI is InChI=1S/C25H31N3O/c1-5-9-24(29)26-17-8-12-23-27-21-10-6-7-11-22(21)28(23)18-19-13-15-20(16-14-19)25(2,3)4/h5-7,9-11,13-16H,8,12,17-18H2,1-4H3,(H,26,29)/b9-5-. The Hall–Kier alpha value is -2.88. The number of imidazole rings is 1. The summed E-state index contributed by atoms with van der Waals surface area (Å²) in [6.45, 7) is 9.99. The molecular formula is C25H31N3O. The van der Waals surface area contributed by atoms with Gasteiger partial charge in [0.1, 0.15) is 5.82 Å². The van der Waals surface area contributed by atoms with Gasteiger partial charge in [0.15, 0.2) is 0 Å². The predicted octanol–water partition coefficient (Wildman–Crippen LogP) is 5.01. The Morgan fingerprint density at radius 3 is 2.52 bits per heavy atom. The number of rotatable bonds is 7. The molecule has 0 aliphatic carbocycles. The Morgan fingerprint density at radius 1 is 1.10 bits per heavy atom. The molecule has 1 amide bonds. The lowest BCUT2D eigenvalue weighted by Crippen LogP contribution is -2.22. The third-order valence-corrected chi connectivity index (χ3v) is 5.09. The van der Waals surface area contributed by atoms with Crippen molar-refractivity contribution in [2.24, 2.45) is 0 Å². The lowest BCUT2D eigenvalue weighted by molar-refractivity contribution is -0.116. The maximum Gasteiger partial charge on any atom is 0.243 e. The first-order chi connectivity index (χ1) is 13.9. The Balaban J connectivity index is 1.77. The summed E-state index contributed by atoms with van der Waals surface area (Å²) in [4.78, 5) is 16.4. The van der Waals surface area contributed by atoms with E-state index in [1.807, 2.05) is 13.0 Å². The number of amides is 1. The number of carbonyl (C=O) groups is 1. The third-order valence-electron chi connectivity index (χ3n) is 5.09. The van der Waals surface area contributed by atoms with E-state index in [1.165, 1.54) is 11.1 Å². The first-order valence-corrected chi connectivity index (χ1v) is 10.3. The van der Waals surface area contributed by atoms with Crippen molar-refractivity contribution in [3.63, 3.8) is 0 Å². The summed E-state index contributed by atoms with van der Waals surface area (Å²) in [6, 6.07) is 17.2. The Bertz CT molecular complexity index is 991. The van der Waals surface area contributed by atoms with E-state index in [9.17, 15) is 4.79 Å². The van der Waals surface area contributed by atoms with Crippen molar-refractivity contribution in [1.82, 2.24) is 14.9 Å². The van der Waals surface area contributed by atoms with Crippen molar-refractivity contribution < 1.29 is 4.79 Å². The van der Waals surface area contributed by atoms with Crippen LogP contribution in [0.1, 0.15) is 51.1 Å². The van der Waals surface area contributed by atoms with E-state index in [0.717, 1.165) is 36.2 Å². The predicted molar refractivity (Wildman–Crippen MR) is 120 cm³/mol. The second-order valence-electron chi connectivity index (χ2n) is 8.44. The van der Waals surface area contributed by atoms with Gasteiger partial charge in [0.05, 0.1) is 11.0 Å². The molecule has 1 N–H and O–H groups in total. The molecule has 4 nitrogen and oxygen atoms in total. The number of fused-ring (bicyclic) bond motifs is 1. The minimum Gasteiger partial charge on any atom is -0.353 e. The fourth-order valence-corrected chi connectivity index (χ4v) is 3.45. The maximum atomic E-state index is 11.6. The van der Waals surface area contributed by atoms with Crippen LogP contribution in [0.15, 0.2) is 60.7 Å². The zero-order chi connectivity index (χ0) is 20.9. The minimum atomic E-state index is -0.0417. The first-order valence-electron chi connectivity index (χ1n) is 10.3. The van der Waals surface area contributed by atoms with Crippen LogP contribution in [-0.4, -0.2) is 22.0 Å². The zero-order valence-corrected chi connectivity index (χ0v) is 17.9. The highest BCUT2D eigenvalue weighted by atomic mass is 16.1.